The lowest BCUT2D eigenvalue weighted by Crippen LogP contribution is -2.31. The molecule has 1 aromatic rings. The van der Waals surface area contributed by atoms with E-state index in [0.29, 0.717) is 6.04 Å². The first-order valence-electron chi connectivity index (χ1n) is 6.44. The molecule has 1 fully saturated rings. The van der Waals surface area contributed by atoms with Crippen LogP contribution in [0.4, 0.5) is 5.69 Å². The van der Waals surface area contributed by atoms with Crippen molar-refractivity contribution in [1.82, 2.24) is 0 Å². The molecular formula is C15H20N2. The van der Waals surface area contributed by atoms with Crippen LogP contribution in [0.1, 0.15) is 36.8 Å². The second-order valence-corrected chi connectivity index (χ2v) is 5.04. The van der Waals surface area contributed by atoms with Crippen molar-refractivity contribution in [3.63, 3.8) is 0 Å². The van der Waals surface area contributed by atoms with Crippen LogP contribution in [0.15, 0.2) is 18.2 Å². The normalized spacial score (nSPS) is 24.1. The molecule has 1 N–H and O–H groups in total. The van der Waals surface area contributed by atoms with Gasteiger partial charge in [0.05, 0.1) is 12.0 Å². The van der Waals surface area contributed by atoms with Crippen LogP contribution in [-0.4, -0.2) is 6.04 Å². The number of nitriles is 1. The molecule has 2 nitrogen and oxygen atoms in total. The maximum Gasteiger partial charge on any atom is 0.0677 e. The third-order valence-electron chi connectivity index (χ3n) is 3.74. The Morgan fingerprint density at radius 2 is 1.82 bits per heavy atom. The Hall–Kier alpha value is -1.49. The van der Waals surface area contributed by atoms with Gasteiger partial charge in [0.2, 0.25) is 0 Å². The van der Waals surface area contributed by atoms with Crippen LogP contribution < -0.4 is 5.32 Å². The molecule has 2 atom stereocenters. The summed E-state index contributed by atoms with van der Waals surface area (Å²) >= 11 is 0. The van der Waals surface area contributed by atoms with Crippen LogP contribution in [0.25, 0.3) is 0 Å². The number of para-hydroxylation sites is 1. The molecule has 0 amide bonds. The highest BCUT2D eigenvalue weighted by molar-refractivity contribution is 5.57. The maximum absolute atomic E-state index is 9.19. The summed E-state index contributed by atoms with van der Waals surface area (Å²) in [5, 5.41) is 12.8. The van der Waals surface area contributed by atoms with Gasteiger partial charge in [0, 0.05) is 11.7 Å². The average molecular weight is 228 g/mol. The van der Waals surface area contributed by atoms with E-state index in [1.54, 1.807) is 0 Å². The standard InChI is InChI=1S/C15H20N2/c1-11-6-5-7-12(2)15(11)17-14-9-4-3-8-13(14)10-16/h5-7,13-14,17H,3-4,8-9H2,1-2H3. The number of aryl methyl sites for hydroxylation is 2. The van der Waals surface area contributed by atoms with Gasteiger partial charge in [-0.25, -0.2) is 0 Å². The number of hydrogen-bond acceptors (Lipinski definition) is 2. The van der Waals surface area contributed by atoms with E-state index in [9.17, 15) is 5.26 Å². The van der Waals surface area contributed by atoms with E-state index < -0.39 is 0 Å². The Bertz CT molecular complexity index is 411. The third-order valence-corrected chi connectivity index (χ3v) is 3.74. The van der Waals surface area contributed by atoms with Crippen LogP contribution in [-0.2, 0) is 0 Å². The van der Waals surface area contributed by atoms with E-state index in [1.807, 2.05) is 0 Å². The molecule has 2 rings (SSSR count). The summed E-state index contributed by atoms with van der Waals surface area (Å²) in [6, 6.07) is 9.11. The Morgan fingerprint density at radius 3 is 2.47 bits per heavy atom. The molecule has 0 bridgehead atoms. The summed E-state index contributed by atoms with van der Waals surface area (Å²) in [6.45, 7) is 4.25. The maximum atomic E-state index is 9.19. The molecule has 2 heteroatoms. The number of benzene rings is 1. The molecule has 2 unspecified atom stereocenters. The van der Waals surface area contributed by atoms with Crippen LogP contribution in [0.3, 0.4) is 0 Å². The molecule has 0 aromatic heterocycles. The number of hydrogen-bond donors (Lipinski definition) is 1. The molecule has 90 valence electrons. The average Bonchev–Trinajstić information content (AvgIpc) is 2.34. The fraction of sp³-hybridized carbons (Fsp3) is 0.533. The lowest BCUT2D eigenvalue weighted by Gasteiger charge is -2.29. The number of rotatable bonds is 2. The third kappa shape index (κ3) is 2.61. The topological polar surface area (TPSA) is 35.8 Å². The van der Waals surface area contributed by atoms with Gasteiger partial charge in [0.1, 0.15) is 0 Å². The van der Waals surface area contributed by atoms with Crippen LogP contribution in [0.2, 0.25) is 0 Å². The first kappa shape index (κ1) is 12.0. The molecule has 1 aliphatic carbocycles. The van der Waals surface area contributed by atoms with Gasteiger partial charge >= 0.3 is 0 Å². The summed E-state index contributed by atoms with van der Waals surface area (Å²) < 4.78 is 0. The molecule has 0 aliphatic heterocycles. The Morgan fingerprint density at radius 1 is 1.18 bits per heavy atom. The first-order valence-corrected chi connectivity index (χ1v) is 6.44. The molecule has 17 heavy (non-hydrogen) atoms. The van der Waals surface area contributed by atoms with Crippen molar-refractivity contribution in [2.45, 2.75) is 45.6 Å². The van der Waals surface area contributed by atoms with Gasteiger partial charge in [-0.15, -0.1) is 0 Å². The molecule has 1 aliphatic rings. The highest BCUT2D eigenvalue weighted by Gasteiger charge is 2.25. The van der Waals surface area contributed by atoms with Crippen molar-refractivity contribution < 1.29 is 0 Å². The second kappa shape index (κ2) is 5.23. The van der Waals surface area contributed by atoms with E-state index in [-0.39, 0.29) is 5.92 Å². The molecule has 1 saturated carbocycles. The van der Waals surface area contributed by atoms with E-state index in [4.69, 9.17) is 0 Å². The molecule has 0 spiro atoms. The van der Waals surface area contributed by atoms with Crippen molar-refractivity contribution in [1.29, 1.82) is 5.26 Å². The minimum Gasteiger partial charge on any atom is -0.381 e. The highest BCUT2D eigenvalue weighted by Crippen LogP contribution is 2.29. The molecule has 0 heterocycles. The number of nitrogens with one attached hydrogen (secondary N) is 1. The SMILES string of the molecule is Cc1cccc(C)c1NC1CCCCC1C#N. The van der Waals surface area contributed by atoms with E-state index in [0.717, 1.165) is 12.8 Å². The zero-order chi connectivity index (χ0) is 12.3. The predicted octanol–water partition coefficient (Wildman–Crippen LogP) is 3.80. The van der Waals surface area contributed by atoms with Crippen LogP contribution >= 0.6 is 0 Å². The molecule has 0 radical (unpaired) electrons. The zero-order valence-corrected chi connectivity index (χ0v) is 10.7. The largest absolute Gasteiger partial charge is 0.381 e. The van der Waals surface area contributed by atoms with Gasteiger partial charge in [-0.05, 0) is 37.8 Å². The molecular weight excluding hydrogens is 208 g/mol. The Kier molecular flexibility index (Phi) is 3.68. The van der Waals surface area contributed by atoms with E-state index >= 15 is 0 Å². The van der Waals surface area contributed by atoms with Crippen molar-refractivity contribution in [2.24, 2.45) is 5.92 Å². The smallest absolute Gasteiger partial charge is 0.0677 e. The summed E-state index contributed by atoms with van der Waals surface area (Å²) in [6.07, 6.45) is 4.59. The van der Waals surface area contributed by atoms with Gasteiger partial charge < -0.3 is 5.32 Å². The van der Waals surface area contributed by atoms with Gasteiger partial charge in [-0.3, -0.25) is 0 Å². The van der Waals surface area contributed by atoms with Gasteiger partial charge in [0.15, 0.2) is 0 Å². The number of nitrogens with zero attached hydrogens (tertiary/aromatic N) is 1. The second-order valence-electron chi connectivity index (χ2n) is 5.04. The molecule has 1 aromatic carbocycles. The lowest BCUT2D eigenvalue weighted by atomic mass is 9.85. The van der Waals surface area contributed by atoms with E-state index in [2.05, 4.69) is 43.4 Å². The minimum absolute atomic E-state index is 0.169. The van der Waals surface area contributed by atoms with Crippen molar-refractivity contribution in [3.8, 4) is 6.07 Å². The van der Waals surface area contributed by atoms with Crippen molar-refractivity contribution >= 4 is 5.69 Å². The summed E-state index contributed by atoms with van der Waals surface area (Å²) in [4.78, 5) is 0. The van der Waals surface area contributed by atoms with Gasteiger partial charge in [-0.1, -0.05) is 31.0 Å². The summed E-state index contributed by atoms with van der Waals surface area (Å²) in [5.41, 5.74) is 3.76. The van der Waals surface area contributed by atoms with Gasteiger partial charge in [0.25, 0.3) is 0 Å². The minimum atomic E-state index is 0.169. The Balaban J connectivity index is 2.17. The van der Waals surface area contributed by atoms with Crippen LogP contribution in [0, 0.1) is 31.1 Å². The monoisotopic (exact) mass is 228 g/mol. The highest BCUT2D eigenvalue weighted by atomic mass is 14.9. The van der Waals surface area contributed by atoms with Crippen LogP contribution in [0.5, 0.6) is 0 Å². The van der Waals surface area contributed by atoms with Gasteiger partial charge in [-0.2, -0.15) is 5.26 Å². The first-order chi connectivity index (χ1) is 8.22. The fourth-order valence-electron chi connectivity index (χ4n) is 2.69. The van der Waals surface area contributed by atoms with Crippen molar-refractivity contribution in [3.05, 3.63) is 29.3 Å². The van der Waals surface area contributed by atoms with E-state index in [1.165, 1.54) is 29.7 Å². The fourth-order valence-corrected chi connectivity index (χ4v) is 2.69. The Labute approximate surface area is 104 Å². The number of anilines is 1. The quantitative estimate of drug-likeness (QED) is 0.835. The zero-order valence-electron chi connectivity index (χ0n) is 10.7. The summed E-state index contributed by atoms with van der Waals surface area (Å²) in [7, 11) is 0. The molecule has 0 saturated heterocycles. The van der Waals surface area contributed by atoms with Crippen molar-refractivity contribution in [2.75, 3.05) is 5.32 Å². The predicted molar refractivity (Wildman–Crippen MR) is 70.9 cm³/mol. The lowest BCUT2D eigenvalue weighted by molar-refractivity contribution is 0.388. The summed E-state index contributed by atoms with van der Waals surface area (Å²) in [5.74, 6) is 0.169.